The van der Waals surface area contributed by atoms with Crippen LogP contribution in [0, 0.1) is 0 Å². The topological polar surface area (TPSA) is 82.8 Å². The zero-order valence-electron chi connectivity index (χ0n) is 9.37. The summed E-state index contributed by atoms with van der Waals surface area (Å²) in [5, 5.41) is 0. The third-order valence-electron chi connectivity index (χ3n) is 2.08. The Morgan fingerprint density at radius 3 is 2.19 bits per heavy atom. The van der Waals surface area contributed by atoms with Crippen LogP contribution in [0.4, 0.5) is 0 Å². The summed E-state index contributed by atoms with van der Waals surface area (Å²) in [6.45, 7) is 0. The Kier molecular flexibility index (Phi) is 3.96. The van der Waals surface area contributed by atoms with Gasteiger partial charge in [-0.05, 0) is 12.1 Å². The highest BCUT2D eigenvalue weighted by molar-refractivity contribution is 5.97. The van der Waals surface area contributed by atoms with Gasteiger partial charge in [-0.15, -0.1) is 0 Å². The molecule has 0 unspecified atom stereocenters. The first kappa shape index (κ1) is 12.1. The van der Waals surface area contributed by atoms with Gasteiger partial charge in [-0.1, -0.05) is 0 Å². The van der Waals surface area contributed by atoms with Crippen LogP contribution in [0.25, 0.3) is 0 Å². The molecule has 0 aliphatic heterocycles. The van der Waals surface area contributed by atoms with E-state index in [1.165, 1.54) is 21.3 Å². The maximum atomic E-state index is 11.4. The summed E-state index contributed by atoms with van der Waals surface area (Å²) in [7, 11) is 4.40. The van der Waals surface area contributed by atoms with Gasteiger partial charge < -0.3 is 14.2 Å². The molecule has 1 rings (SSSR count). The number of hydrazine groups is 1. The second-order valence-corrected chi connectivity index (χ2v) is 2.86. The van der Waals surface area contributed by atoms with Gasteiger partial charge in [0, 0.05) is 0 Å². The van der Waals surface area contributed by atoms with Gasteiger partial charge in [-0.2, -0.15) is 0 Å². The summed E-state index contributed by atoms with van der Waals surface area (Å²) < 4.78 is 15.3. The van der Waals surface area contributed by atoms with Crippen LogP contribution < -0.4 is 25.5 Å². The molecular formula is C10H14N2O4. The first-order valence-electron chi connectivity index (χ1n) is 4.49. The van der Waals surface area contributed by atoms with Crippen LogP contribution in [0.2, 0.25) is 0 Å². The van der Waals surface area contributed by atoms with Gasteiger partial charge >= 0.3 is 0 Å². The molecule has 0 atom stereocenters. The normalized spacial score (nSPS) is 9.50. The van der Waals surface area contributed by atoms with Crippen molar-refractivity contribution in [1.82, 2.24) is 5.43 Å². The molecule has 0 spiro atoms. The van der Waals surface area contributed by atoms with E-state index >= 15 is 0 Å². The van der Waals surface area contributed by atoms with Crippen LogP contribution in [0.3, 0.4) is 0 Å². The van der Waals surface area contributed by atoms with E-state index in [1.54, 1.807) is 12.1 Å². The van der Waals surface area contributed by atoms with E-state index in [4.69, 9.17) is 20.1 Å². The maximum Gasteiger partial charge on any atom is 0.269 e. The number of methoxy groups -OCH3 is 3. The monoisotopic (exact) mass is 226 g/mol. The highest BCUT2D eigenvalue weighted by atomic mass is 16.5. The predicted molar refractivity (Wildman–Crippen MR) is 57.8 cm³/mol. The van der Waals surface area contributed by atoms with E-state index in [0.29, 0.717) is 11.5 Å². The summed E-state index contributed by atoms with van der Waals surface area (Å²) >= 11 is 0. The van der Waals surface area contributed by atoms with Gasteiger partial charge in [0.15, 0.2) is 11.5 Å². The zero-order chi connectivity index (χ0) is 12.1. The molecule has 0 saturated heterocycles. The molecule has 6 nitrogen and oxygen atoms in total. The number of amides is 1. The predicted octanol–water partition coefficient (Wildman–Crippen LogP) is 0.316. The minimum atomic E-state index is -0.460. The maximum absolute atomic E-state index is 11.4. The van der Waals surface area contributed by atoms with Gasteiger partial charge in [0.1, 0.15) is 0 Å². The molecule has 16 heavy (non-hydrogen) atoms. The molecule has 0 heterocycles. The number of nitrogen functional groups attached to an aromatic ring is 1. The number of carbonyl (C=O) groups is 1. The molecular weight excluding hydrogens is 212 g/mol. The smallest absolute Gasteiger partial charge is 0.269 e. The summed E-state index contributed by atoms with van der Waals surface area (Å²) in [6.07, 6.45) is 0. The molecule has 1 aromatic carbocycles. The van der Waals surface area contributed by atoms with Gasteiger partial charge in [0.05, 0.1) is 26.9 Å². The van der Waals surface area contributed by atoms with Crippen molar-refractivity contribution in [2.45, 2.75) is 0 Å². The first-order valence-corrected chi connectivity index (χ1v) is 4.49. The van der Waals surface area contributed by atoms with Crippen molar-refractivity contribution < 1.29 is 19.0 Å². The first-order chi connectivity index (χ1) is 7.69. The van der Waals surface area contributed by atoms with Crippen LogP contribution in [-0.2, 0) is 0 Å². The zero-order valence-corrected chi connectivity index (χ0v) is 9.37. The molecule has 0 radical (unpaired) electrons. The minimum absolute atomic E-state index is 0.280. The lowest BCUT2D eigenvalue weighted by Crippen LogP contribution is -2.30. The van der Waals surface area contributed by atoms with E-state index in [9.17, 15) is 4.79 Å². The molecule has 6 heteroatoms. The van der Waals surface area contributed by atoms with Crippen molar-refractivity contribution in [2.75, 3.05) is 21.3 Å². The van der Waals surface area contributed by atoms with E-state index in [2.05, 4.69) is 0 Å². The number of hydrogen-bond donors (Lipinski definition) is 2. The Morgan fingerprint density at radius 2 is 1.75 bits per heavy atom. The summed E-state index contributed by atoms with van der Waals surface area (Å²) in [6, 6.07) is 3.15. The number of carbonyl (C=O) groups excluding carboxylic acids is 1. The molecule has 0 aromatic heterocycles. The largest absolute Gasteiger partial charge is 0.493 e. The van der Waals surface area contributed by atoms with Crippen molar-refractivity contribution in [3.05, 3.63) is 17.7 Å². The SMILES string of the molecule is COc1ccc(C(=O)NN)c(OC)c1OC. The van der Waals surface area contributed by atoms with E-state index < -0.39 is 5.91 Å². The fraction of sp³-hybridized carbons (Fsp3) is 0.300. The third kappa shape index (κ3) is 2.01. The third-order valence-corrected chi connectivity index (χ3v) is 2.08. The molecule has 88 valence electrons. The summed E-state index contributed by atoms with van der Waals surface area (Å²) in [4.78, 5) is 11.4. The molecule has 0 saturated carbocycles. The van der Waals surface area contributed by atoms with Crippen molar-refractivity contribution >= 4 is 5.91 Å². The van der Waals surface area contributed by atoms with Gasteiger partial charge in [-0.25, -0.2) is 5.84 Å². The van der Waals surface area contributed by atoms with Crippen molar-refractivity contribution in [3.63, 3.8) is 0 Å². The van der Waals surface area contributed by atoms with Crippen LogP contribution in [0.1, 0.15) is 10.4 Å². The fourth-order valence-electron chi connectivity index (χ4n) is 1.36. The molecule has 1 amide bonds. The lowest BCUT2D eigenvalue weighted by Gasteiger charge is -2.14. The van der Waals surface area contributed by atoms with Crippen molar-refractivity contribution in [1.29, 1.82) is 0 Å². The number of hydrogen-bond acceptors (Lipinski definition) is 5. The van der Waals surface area contributed by atoms with Crippen LogP contribution in [-0.4, -0.2) is 27.2 Å². The van der Waals surface area contributed by atoms with Crippen LogP contribution in [0.5, 0.6) is 17.2 Å². The lowest BCUT2D eigenvalue weighted by atomic mass is 10.1. The van der Waals surface area contributed by atoms with Gasteiger partial charge in [-0.3, -0.25) is 10.2 Å². The average molecular weight is 226 g/mol. The molecule has 1 aromatic rings. The molecule has 0 aliphatic carbocycles. The number of rotatable bonds is 4. The van der Waals surface area contributed by atoms with E-state index in [0.717, 1.165) is 0 Å². The molecule has 3 N–H and O–H groups in total. The Bertz CT molecular complexity index is 393. The second-order valence-electron chi connectivity index (χ2n) is 2.86. The molecule has 0 fully saturated rings. The molecule has 0 bridgehead atoms. The average Bonchev–Trinajstić information content (AvgIpc) is 2.35. The van der Waals surface area contributed by atoms with Crippen LogP contribution >= 0.6 is 0 Å². The van der Waals surface area contributed by atoms with Gasteiger partial charge in [0.25, 0.3) is 5.91 Å². The number of benzene rings is 1. The standard InChI is InChI=1S/C10H14N2O4/c1-14-7-5-4-6(10(13)12-11)8(15-2)9(7)16-3/h4-5H,11H2,1-3H3,(H,12,13). The van der Waals surface area contributed by atoms with Gasteiger partial charge in [0.2, 0.25) is 5.75 Å². The highest BCUT2D eigenvalue weighted by Crippen LogP contribution is 2.39. The second kappa shape index (κ2) is 5.22. The Morgan fingerprint density at radius 1 is 1.12 bits per heavy atom. The molecule has 0 aliphatic rings. The van der Waals surface area contributed by atoms with E-state index in [1.807, 2.05) is 5.43 Å². The van der Waals surface area contributed by atoms with Crippen molar-refractivity contribution in [2.24, 2.45) is 5.84 Å². The number of ether oxygens (including phenoxy) is 3. The van der Waals surface area contributed by atoms with E-state index in [-0.39, 0.29) is 11.3 Å². The number of nitrogens with two attached hydrogens (primary N) is 1. The van der Waals surface area contributed by atoms with Crippen molar-refractivity contribution in [3.8, 4) is 17.2 Å². The highest BCUT2D eigenvalue weighted by Gasteiger charge is 2.19. The summed E-state index contributed by atoms with van der Waals surface area (Å²) in [5.41, 5.74) is 2.31. The summed E-state index contributed by atoms with van der Waals surface area (Å²) in [5.74, 6) is 5.72. The minimum Gasteiger partial charge on any atom is -0.493 e. The number of nitrogens with one attached hydrogen (secondary N) is 1. The fourth-order valence-corrected chi connectivity index (χ4v) is 1.36. The lowest BCUT2D eigenvalue weighted by molar-refractivity contribution is 0.0950. The Hall–Kier alpha value is -1.95. The Balaban J connectivity index is 3.37. The Labute approximate surface area is 93.3 Å². The van der Waals surface area contributed by atoms with Crippen LogP contribution in [0.15, 0.2) is 12.1 Å². The quantitative estimate of drug-likeness (QED) is 0.439.